The third-order valence-electron chi connectivity index (χ3n) is 13.4. The molecule has 0 aliphatic carbocycles. The van der Waals surface area contributed by atoms with Gasteiger partial charge in [-0.3, -0.25) is 0 Å². The maximum absolute atomic E-state index is 5.30. The van der Waals surface area contributed by atoms with Crippen molar-refractivity contribution in [3.8, 4) is 91.4 Å². The molecule has 16 bridgehead atoms. The molecule has 0 fully saturated rings. The largest absolute Gasteiger partial charge is 0.324 e. The van der Waals surface area contributed by atoms with Gasteiger partial charge in [0.1, 0.15) is 56.0 Å². The maximum atomic E-state index is 5.30. The molecule has 0 radical (unpaired) electrons. The normalized spacial score (nSPS) is 12.3. The first-order valence-corrected chi connectivity index (χ1v) is 23.1. The zero-order valence-corrected chi connectivity index (χ0v) is 37.6. The van der Waals surface area contributed by atoms with E-state index in [1.807, 2.05) is 84.9 Å². The van der Waals surface area contributed by atoms with Crippen molar-refractivity contribution in [1.82, 2.24) is 110 Å². The number of nitrogens with one attached hydrogen (secondary N) is 4. The van der Waals surface area contributed by atoms with Crippen LogP contribution in [0.2, 0.25) is 0 Å². The summed E-state index contributed by atoms with van der Waals surface area (Å²) in [6.07, 6.45) is 9.52. The van der Waals surface area contributed by atoms with Gasteiger partial charge < -0.3 is 19.9 Å². The lowest BCUT2D eigenvalue weighted by Gasteiger charge is -2.04. The molecule has 9 aromatic heterocycles. The van der Waals surface area contributed by atoms with E-state index in [9.17, 15) is 0 Å². The van der Waals surface area contributed by atoms with Gasteiger partial charge in [0.2, 0.25) is 0 Å². The highest BCUT2D eigenvalue weighted by Crippen LogP contribution is 2.44. The fourth-order valence-corrected chi connectivity index (χ4v) is 10.1. The van der Waals surface area contributed by atoms with E-state index in [1.54, 1.807) is 37.2 Å². The summed E-state index contributed by atoms with van der Waals surface area (Å²) in [6.45, 7) is 0. The molecule has 13 heterocycles. The van der Waals surface area contributed by atoms with Crippen LogP contribution in [0, 0.1) is 0 Å². The van der Waals surface area contributed by atoms with Crippen LogP contribution < -0.4 is 0 Å². The second-order valence-corrected chi connectivity index (χ2v) is 17.6. The van der Waals surface area contributed by atoms with Gasteiger partial charge in [0, 0.05) is 92.1 Å². The van der Waals surface area contributed by atoms with Crippen LogP contribution in [0.15, 0.2) is 122 Å². The van der Waals surface area contributed by atoms with Crippen LogP contribution in [0.5, 0.6) is 0 Å². The number of nitrogens with zero attached hydrogens (tertiary/aromatic N) is 18. The van der Waals surface area contributed by atoms with Crippen LogP contribution in [0.4, 0.5) is 0 Å². The van der Waals surface area contributed by atoms with Gasteiger partial charge in [0.05, 0.1) is 0 Å². The molecule has 342 valence electrons. The van der Waals surface area contributed by atoms with Crippen LogP contribution >= 0.6 is 0 Å². The maximum Gasteiger partial charge on any atom is 0.184 e. The molecule has 0 spiro atoms. The molecule has 17 rings (SSSR count). The first-order valence-electron chi connectivity index (χ1n) is 23.1. The number of aromatic nitrogens is 22. The summed E-state index contributed by atoms with van der Waals surface area (Å²) in [5.41, 5.74) is 10.6. The fourth-order valence-electron chi connectivity index (χ4n) is 10.1. The summed E-state index contributed by atoms with van der Waals surface area (Å²) in [6, 6.07) is 27.8. The fraction of sp³-hybridized carbons (Fsp3) is 0. The molecule has 4 aromatic carbocycles. The lowest BCUT2D eigenvalue weighted by molar-refractivity contribution is 1.18. The Morgan fingerprint density at radius 2 is 0.486 bits per heavy atom. The third-order valence-corrected chi connectivity index (χ3v) is 13.4. The summed E-state index contributed by atoms with van der Waals surface area (Å²) in [5, 5.41) is 3.38. The van der Waals surface area contributed by atoms with Crippen molar-refractivity contribution in [3.05, 3.63) is 122 Å². The number of aromatic amines is 4. The molecule has 0 saturated carbocycles. The van der Waals surface area contributed by atoms with Crippen LogP contribution in [-0.4, -0.2) is 110 Å². The number of hydrogen-bond donors (Lipinski definition) is 4. The zero-order chi connectivity index (χ0) is 48.2. The molecule has 4 aliphatic heterocycles. The topological polar surface area (TPSA) is 295 Å². The second-order valence-electron chi connectivity index (χ2n) is 17.6. The quantitative estimate of drug-likeness (QED) is 0.111. The van der Waals surface area contributed by atoms with Crippen molar-refractivity contribution in [1.29, 1.82) is 0 Å². The van der Waals surface area contributed by atoms with E-state index in [-0.39, 0.29) is 11.6 Å². The van der Waals surface area contributed by atoms with E-state index in [2.05, 4.69) is 39.9 Å². The number of benzene rings is 4. The van der Waals surface area contributed by atoms with Gasteiger partial charge in [-0.05, 0) is 12.1 Å². The smallest absolute Gasteiger partial charge is 0.184 e. The van der Waals surface area contributed by atoms with Crippen molar-refractivity contribution in [2.75, 3.05) is 0 Å². The monoisotopic (exact) mass is 956 g/mol. The van der Waals surface area contributed by atoms with E-state index >= 15 is 0 Å². The predicted octanol–water partition coefficient (Wildman–Crippen LogP) is 8.42. The van der Waals surface area contributed by atoms with Gasteiger partial charge in [-0.1, -0.05) is 72.8 Å². The number of rotatable bonds is 0. The molecular weight excluding hydrogens is 933 g/mol. The lowest BCUT2D eigenvalue weighted by Crippen LogP contribution is -1.88. The van der Waals surface area contributed by atoms with Gasteiger partial charge >= 0.3 is 0 Å². The number of H-pyrrole nitrogens is 4. The van der Waals surface area contributed by atoms with Gasteiger partial charge in [-0.15, -0.1) is 0 Å². The number of fused-ring (bicyclic) bond motifs is 40. The van der Waals surface area contributed by atoms with Gasteiger partial charge in [-0.2, -0.15) is 0 Å². The molecule has 0 saturated heterocycles. The van der Waals surface area contributed by atoms with Crippen molar-refractivity contribution >= 4 is 88.8 Å². The second kappa shape index (κ2) is 14.2. The van der Waals surface area contributed by atoms with Crippen molar-refractivity contribution < 1.29 is 0 Å². The Kier molecular flexibility index (Phi) is 7.43. The molecule has 0 atom stereocenters. The molecule has 0 amide bonds. The Hall–Kier alpha value is -11.2. The van der Waals surface area contributed by atoms with Gasteiger partial charge in [0.25, 0.3) is 0 Å². The van der Waals surface area contributed by atoms with Crippen LogP contribution in [0.1, 0.15) is 0 Å². The highest BCUT2D eigenvalue weighted by molar-refractivity contribution is 6.07. The summed E-state index contributed by atoms with van der Waals surface area (Å²) in [5.74, 6) is 2.98. The molecule has 0 unspecified atom stereocenters. The van der Waals surface area contributed by atoms with E-state index in [4.69, 9.17) is 69.8 Å². The minimum absolute atomic E-state index is 0.264. The Labute approximate surface area is 410 Å². The SMILES string of the molecule is c1ccc2c(c1)-c1nc-2nc2[nH]c(nc3nc(nc4[nH]c(n1)c1ccccc41)-c1cc4c(cc1-3)-c1nc-4nc3[nH]c(nc4nc(nc5[nH]c(n1)c1nccnc51)-c1nccnc1-4)c1nccnc31)c1ccccc21. The highest BCUT2D eigenvalue weighted by Gasteiger charge is 2.30. The van der Waals surface area contributed by atoms with Gasteiger partial charge in [0.15, 0.2) is 69.2 Å². The van der Waals surface area contributed by atoms with Crippen molar-refractivity contribution in [3.63, 3.8) is 0 Å². The standard InChI is InChI=1S/C52H24N22/c1-2-8-22-21(7-1)37-59-38(22)61-40-24-10-4-6-12-26(24)42(63-40)65-44-28-20-30-29(19-27(28)43(66-44)64-41-25-11-5-3-9-23(25)39(60-37)62-41)45-67-46(30)69-48-32-34(56-16-14-54-32)50(71-48)73-52-36-35(57-17-18-58-36)51(74-52)72-49-33-31(47(68-45)70-49)53-13-15-55-33/h1-20H,(H2,59,60,61,62,63,64,65,66)(H2,67,68,69,70,71,72,73,74). The summed E-state index contributed by atoms with van der Waals surface area (Å²) < 4.78 is 0. The molecule has 22 nitrogen and oxygen atoms in total. The lowest BCUT2D eigenvalue weighted by atomic mass is 9.99. The Morgan fingerprint density at radius 1 is 0.230 bits per heavy atom. The first-order chi connectivity index (χ1) is 36.6. The van der Waals surface area contributed by atoms with Crippen LogP contribution in [0.25, 0.3) is 180 Å². The summed E-state index contributed by atoms with van der Waals surface area (Å²) in [4.78, 5) is 103. The van der Waals surface area contributed by atoms with E-state index < -0.39 is 0 Å². The molecular formula is C52H24N22. The van der Waals surface area contributed by atoms with Crippen LogP contribution in [0.3, 0.4) is 0 Å². The van der Waals surface area contributed by atoms with Crippen molar-refractivity contribution in [2.24, 2.45) is 0 Å². The first kappa shape index (κ1) is 38.7. The molecule has 13 aromatic rings. The molecule has 4 aliphatic rings. The molecule has 22 heteroatoms. The van der Waals surface area contributed by atoms with E-state index in [0.717, 1.165) is 32.7 Å². The van der Waals surface area contributed by atoms with Gasteiger partial charge in [-0.25, -0.2) is 89.7 Å². The summed E-state index contributed by atoms with van der Waals surface area (Å²) in [7, 11) is 0. The molecule has 4 N–H and O–H groups in total. The van der Waals surface area contributed by atoms with Crippen molar-refractivity contribution in [2.45, 2.75) is 0 Å². The summed E-state index contributed by atoms with van der Waals surface area (Å²) >= 11 is 0. The van der Waals surface area contributed by atoms with Crippen LogP contribution in [-0.2, 0) is 0 Å². The Balaban J connectivity index is 0.990. The Bertz CT molecular complexity index is 4450. The van der Waals surface area contributed by atoms with E-state index in [0.29, 0.717) is 136 Å². The predicted molar refractivity (Wildman–Crippen MR) is 272 cm³/mol. The van der Waals surface area contributed by atoms with E-state index in [1.165, 1.54) is 0 Å². The minimum atomic E-state index is 0.264. The number of hydrogen-bond acceptors (Lipinski definition) is 18. The average molecular weight is 957 g/mol. The Morgan fingerprint density at radius 3 is 0.838 bits per heavy atom. The minimum Gasteiger partial charge on any atom is -0.324 e. The third kappa shape index (κ3) is 5.51. The zero-order valence-electron chi connectivity index (χ0n) is 37.6. The highest BCUT2D eigenvalue weighted by atomic mass is 15.1. The molecule has 74 heavy (non-hydrogen) atoms. The average Bonchev–Trinajstić information content (AvgIpc) is 4.34.